The second kappa shape index (κ2) is 16.5. The van der Waals surface area contributed by atoms with Crippen molar-refractivity contribution in [2.75, 3.05) is 0 Å². The van der Waals surface area contributed by atoms with E-state index in [9.17, 15) is 27.6 Å². The van der Waals surface area contributed by atoms with Gasteiger partial charge in [0, 0.05) is 28.5 Å². The molecule has 0 bridgehead atoms. The lowest BCUT2D eigenvalue weighted by Crippen LogP contribution is -2.56. The van der Waals surface area contributed by atoms with Crippen molar-refractivity contribution in [2.45, 2.75) is 114 Å². The highest BCUT2D eigenvalue weighted by Crippen LogP contribution is 2.49. The summed E-state index contributed by atoms with van der Waals surface area (Å²) in [6.07, 6.45) is 5.92. The van der Waals surface area contributed by atoms with Crippen molar-refractivity contribution in [1.29, 1.82) is 0 Å². The Morgan fingerprint density at radius 3 is 2.36 bits per heavy atom. The number of ketones is 1. The van der Waals surface area contributed by atoms with E-state index in [1.54, 1.807) is 6.08 Å². The molecule has 0 spiro atoms. The first-order valence-corrected chi connectivity index (χ1v) is 21.7. The molecule has 4 aliphatic carbocycles. The number of amides is 3. The van der Waals surface area contributed by atoms with Gasteiger partial charge in [0.1, 0.15) is 11.6 Å². The van der Waals surface area contributed by atoms with Crippen LogP contribution in [0, 0.1) is 35.0 Å². The van der Waals surface area contributed by atoms with Gasteiger partial charge in [-0.3, -0.25) is 19.1 Å². The zero-order valence-corrected chi connectivity index (χ0v) is 34.0. The number of allylic oxidation sites excluding steroid dienone is 1. The van der Waals surface area contributed by atoms with E-state index in [0.29, 0.717) is 36.2 Å². The largest absolute Gasteiger partial charge is 0.446 e. The maximum Gasteiger partial charge on any atom is 0.408 e. The Bertz CT molecular complexity index is 2230. The van der Waals surface area contributed by atoms with Crippen LogP contribution < -0.4 is 15.4 Å². The summed E-state index contributed by atoms with van der Waals surface area (Å²) in [4.78, 5) is 57.6. The zero-order valence-electron chi connectivity index (χ0n) is 33.1. The van der Waals surface area contributed by atoms with Crippen LogP contribution in [0.25, 0.3) is 11.4 Å². The molecule has 4 saturated carbocycles. The van der Waals surface area contributed by atoms with Crippen LogP contribution in [-0.2, 0) is 29.1 Å². The smallest absolute Gasteiger partial charge is 0.408 e. The van der Waals surface area contributed by atoms with Gasteiger partial charge in [0.15, 0.2) is 5.78 Å². The van der Waals surface area contributed by atoms with Crippen LogP contribution in [0.1, 0.15) is 102 Å². The van der Waals surface area contributed by atoms with Crippen molar-refractivity contribution in [3.63, 3.8) is 0 Å². The molecular formula is C43H51N7O7S. The molecule has 2 unspecified atom stereocenters. The number of alkyl carbamates (subject to hydrolysis) is 1. The number of benzene rings is 2. The topological polar surface area (TPSA) is 191 Å². The van der Waals surface area contributed by atoms with Crippen molar-refractivity contribution in [1.82, 2.24) is 35.6 Å². The van der Waals surface area contributed by atoms with Gasteiger partial charge in [0.2, 0.25) is 21.8 Å². The van der Waals surface area contributed by atoms with Gasteiger partial charge >= 0.3 is 6.09 Å². The highest BCUT2D eigenvalue weighted by molar-refractivity contribution is 7.91. The lowest BCUT2D eigenvalue weighted by molar-refractivity contribution is -0.137. The molecule has 15 heteroatoms. The number of ether oxygens (including phenoxy) is 1. The van der Waals surface area contributed by atoms with E-state index in [0.717, 1.165) is 31.2 Å². The fourth-order valence-corrected chi connectivity index (χ4v) is 9.64. The minimum Gasteiger partial charge on any atom is -0.446 e. The summed E-state index contributed by atoms with van der Waals surface area (Å²) in [6.45, 7) is 9.28. The van der Waals surface area contributed by atoms with Gasteiger partial charge in [-0.05, 0) is 105 Å². The van der Waals surface area contributed by atoms with E-state index in [4.69, 9.17) is 9.84 Å². The number of rotatable bonds is 13. The number of aromatic nitrogens is 4. The molecule has 3 N–H and O–H groups in total. The van der Waals surface area contributed by atoms with Crippen molar-refractivity contribution in [3.05, 3.63) is 78.4 Å². The minimum absolute atomic E-state index is 0.112. The minimum atomic E-state index is -3.90. The maximum absolute atomic E-state index is 14.8. The number of hydrogen-bond donors (Lipinski definition) is 3. The number of carbonyl (C=O) groups is 4. The van der Waals surface area contributed by atoms with Gasteiger partial charge in [-0.25, -0.2) is 13.2 Å². The molecule has 306 valence electrons. The third-order valence-electron chi connectivity index (χ3n) is 11.8. The Morgan fingerprint density at radius 1 is 0.983 bits per heavy atom. The lowest BCUT2D eigenvalue weighted by atomic mass is 9.77. The second-order valence-corrected chi connectivity index (χ2v) is 19.1. The molecule has 0 aliphatic heterocycles. The standard InChI is InChI=1S/C43H51N7O7S/c1-5-13-29-26-43(29,40(53)48-58(55,56)32-22-23-32)45-39(52)35-25-30(24-34(35)36(51)37(42(2,3)4)44-41(54)57-31-17-10-11-18-31)50-47-38(46-49-50)33-19-12-9-16-28(33)21-20-27-14-7-6-8-15-27/h5-9,12,14-16,19,29-32,34-35,37H,1,10-11,13,17-18,22-26H2,2-4H3,(H,44,54)(H,45,52)(H,48,53)/t29-,30+,34?,35-,37?,43+/m1/s1. The quantitative estimate of drug-likeness (QED) is 0.156. The van der Waals surface area contributed by atoms with Gasteiger partial charge in [-0.15, -0.1) is 16.8 Å². The molecular weight excluding hydrogens is 759 g/mol. The SMILES string of the molecule is C=CC[C@@H]1C[C@@]1(NC(=O)[C@@H]1C[C@@H](n2nnc(-c3ccccc3C#Cc3ccccc3)n2)CC1C(=O)C(NC(=O)OC1CCCC1)C(C)(C)C)C(=O)NS(=O)(=O)C1CC1. The predicted octanol–water partition coefficient (Wildman–Crippen LogP) is 5.02. The zero-order chi connectivity index (χ0) is 41.2. The molecule has 3 aromatic rings. The van der Waals surface area contributed by atoms with Crippen LogP contribution in [0.4, 0.5) is 4.79 Å². The fraction of sp³-hybridized carbons (Fsp3) is 0.512. The molecule has 4 fully saturated rings. The first-order chi connectivity index (χ1) is 27.7. The summed E-state index contributed by atoms with van der Waals surface area (Å²) in [5.74, 6) is 2.65. The monoisotopic (exact) mass is 809 g/mol. The molecule has 1 aromatic heterocycles. The predicted molar refractivity (Wildman–Crippen MR) is 215 cm³/mol. The van der Waals surface area contributed by atoms with E-state index in [1.165, 1.54) is 4.80 Å². The van der Waals surface area contributed by atoms with Gasteiger partial charge in [-0.1, -0.05) is 69.0 Å². The fourth-order valence-electron chi connectivity index (χ4n) is 8.28. The van der Waals surface area contributed by atoms with E-state index in [1.807, 2.05) is 75.4 Å². The van der Waals surface area contributed by atoms with Crippen molar-refractivity contribution >= 4 is 33.7 Å². The molecule has 2 aromatic carbocycles. The van der Waals surface area contributed by atoms with Crippen LogP contribution in [0.5, 0.6) is 0 Å². The van der Waals surface area contributed by atoms with Crippen LogP contribution in [0.15, 0.2) is 67.3 Å². The summed E-state index contributed by atoms with van der Waals surface area (Å²) >= 11 is 0. The summed E-state index contributed by atoms with van der Waals surface area (Å²) < 4.78 is 33.6. The van der Waals surface area contributed by atoms with E-state index >= 15 is 0 Å². The van der Waals surface area contributed by atoms with Crippen molar-refractivity contribution in [2.24, 2.45) is 23.2 Å². The normalized spacial score (nSPS) is 24.8. The van der Waals surface area contributed by atoms with Gasteiger partial charge in [0.25, 0.3) is 5.91 Å². The molecule has 0 radical (unpaired) electrons. The van der Waals surface area contributed by atoms with Crippen LogP contribution >= 0.6 is 0 Å². The van der Waals surface area contributed by atoms with Crippen LogP contribution in [0.3, 0.4) is 0 Å². The average molecular weight is 810 g/mol. The average Bonchev–Trinajstić information content (AvgIpc) is 3.93. The maximum atomic E-state index is 14.8. The molecule has 6 atom stereocenters. The van der Waals surface area contributed by atoms with Gasteiger partial charge in [0.05, 0.1) is 17.3 Å². The summed E-state index contributed by atoms with van der Waals surface area (Å²) in [5, 5.41) is 18.6. The number of tetrazole rings is 1. The Hall–Kier alpha value is -5.36. The molecule has 7 rings (SSSR count). The lowest BCUT2D eigenvalue weighted by Gasteiger charge is -2.33. The number of nitrogens with zero attached hydrogens (tertiary/aromatic N) is 4. The van der Waals surface area contributed by atoms with E-state index in [-0.39, 0.29) is 37.1 Å². The third-order valence-corrected chi connectivity index (χ3v) is 13.6. The molecule has 58 heavy (non-hydrogen) atoms. The Balaban J connectivity index is 1.17. The first kappa shape index (κ1) is 40.8. The highest BCUT2D eigenvalue weighted by atomic mass is 32.2. The number of carbonyl (C=O) groups excluding carboxylic acids is 4. The van der Waals surface area contributed by atoms with Crippen molar-refractivity contribution in [3.8, 4) is 23.2 Å². The van der Waals surface area contributed by atoms with Gasteiger partial charge < -0.3 is 15.4 Å². The van der Waals surface area contributed by atoms with E-state index < -0.39 is 68.1 Å². The van der Waals surface area contributed by atoms with E-state index in [2.05, 4.69) is 44.1 Å². The molecule has 4 aliphatic rings. The third kappa shape index (κ3) is 9.02. The van der Waals surface area contributed by atoms with Crippen LogP contribution in [0.2, 0.25) is 0 Å². The summed E-state index contributed by atoms with van der Waals surface area (Å²) in [6, 6.07) is 15.4. The molecule has 3 amide bonds. The summed E-state index contributed by atoms with van der Waals surface area (Å²) in [7, 11) is -3.90. The Labute approximate surface area is 339 Å². The number of Topliss-reactive ketones (excluding diaryl/α,β-unsaturated/α-hetero) is 1. The molecule has 1 heterocycles. The first-order valence-electron chi connectivity index (χ1n) is 20.1. The molecule has 0 saturated heterocycles. The van der Waals surface area contributed by atoms with Crippen LogP contribution in [-0.4, -0.2) is 75.3 Å². The number of sulfonamides is 1. The molecule has 14 nitrogen and oxygen atoms in total. The summed E-state index contributed by atoms with van der Waals surface area (Å²) in [5.41, 5.74) is -0.0595. The van der Waals surface area contributed by atoms with Crippen molar-refractivity contribution < 1.29 is 32.3 Å². The second-order valence-electron chi connectivity index (χ2n) is 17.2. The highest BCUT2D eigenvalue weighted by Gasteiger charge is 2.62. The Morgan fingerprint density at radius 2 is 1.67 bits per heavy atom. The number of nitrogens with one attached hydrogen (secondary N) is 3. The number of hydrogen-bond acceptors (Lipinski definition) is 10. The Kier molecular flexibility index (Phi) is 11.6. The van der Waals surface area contributed by atoms with Gasteiger partial charge in [-0.2, -0.15) is 4.80 Å².